The summed E-state index contributed by atoms with van der Waals surface area (Å²) >= 11 is 6.08. The summed E-state index contributed by atoms with van der Waals surface area (Å²) in [6, 6.07) is 4.12. The molecule has 3 heteroatoms. The number of fused-ring (bicyclic) bond motifs is 1. The summed E-state index contributed by atoms with van der Waals surface area (Å²) in [6.07, 6.45) is 0.994. The number of benzene rings is 1. The zero-order valence-corrected chi connectivity index (χ0v) is 9.66. The van der Waals surface area contributed by atoms with Crippen LogP contribution in [0.1, 0.15) is 18.1 Å². The molecule has 2 rings (SSSR count). The molecule has 0 atom stereocenters. The van der Waals surface area contributed by atoms with Gasteiger partial charge in [0.2, 0.25) is 0 Å². The third-order valence-corrected chi connectivity index (χ3v) is 4.00. The largest absolute Gasteiger partial charge is 0.392 e. The minimum Gasteiger partial charge on any atom is -0.392 e. The van der Waals surface area contributed by atoms with E-state index in [1.54, 1.807) is 11.3 Å². The van der Waals surface area contributed by atoms with Gasteiger partial charge in [0.25, 0.3) is 0 Å². The van der Waals surface area contributed by atoms with Gasteiger partial charge in [0.1, 0.15) is 0 Å². The quantitative estimate of drug-likeness (QED) is 0.750. The summed E-state index contributed by atoms with van der Waals surface area (Å²) in [5.74, 6) is 0. The number of aliphatic hydroxyl groups excluding tert-OH is 1. The lowest BCUT2D eigenvalue weighted by Crippen LogP contribution is -1.86. The lowest BCUT2D eigenvalue weighted by molar-refractivity contribution is 0.283. The van der Waals surface area contributed by atoms with Crippen LogP contribution in [-0.4, -0.2) is 5.11 Å². The molecule has 0 fully saturated rings. The van der Waals surface area contributed by atoms with E-state index in [0.29, 0.717) is 0 Å². The van der Waals surface area contributed by atoms with Crippen LogP contribution in [0, 0.1) is 0 Å². The Hall–Kier alpha value is -0.510. The second-order valence-electron chi connectivity index (χ2n) is 3.22. The average Bonchev–Trinajstić information content (AvgIpc) is 2.63. The van der Waals surface area contributed by atoms with Crippen LogP contribution >= 0.6 is 24.0 Å². The molecule has 1 heterocycles. The van der Waals surface area contributed by atoms with Gasteiger partial charge in [-0.15, -0.1) is 24.0 Å². The van der Waals surface area contributed by atoms with Gasteiger partial charge in [0, 0.05) is 15.0 Å². The lowest BCUT2D eigenvalue weighted by Gasteiger charge is -2.03. The topological polar surface area (TPSA) is 20.2 Å². The fourth-order valence-electron chi connectivity index (χ4n) is 1.68. The molecule has 1 aromatic heterocycles. The van der Waals surface area contributed by atoms with E-state index in [0.717, 1.165) is 16.9 Å². The molecule has 0 bridgehead atoms. The summed E-state index contributed by atoms with van der Waals surface area (Å²) in [5, 5.41) is 12.4. The Morgan fingerprint density at radius 3 is 2.79 bits per heavy atom. The number of rotatable bonds is 2. The minimum atomic E-state index is 0.115. The van der Waals surface area contributed by atoms with E-state index in [1.807, 2.05) is 11.4 Å². The molecule has 0 saturated carbocycles. The maximum atomic E-state index is 9.22. The predicted molar refractivity (Wildman–Crippen MR) is 64.4 cm³/mol. The Labute approximate surface area is 92.8 Å². The molecular weight excluding hydrogens is 212 g/mol. The van der Waals surface area contributed by atoms with E-state index in [4.69, 9.17) is 0 Å². The molecule has 0 saturated heterocycles. The molecule has 1 N–H and O–H groups in total. The van der Waals surface area contributed by atoms with Crippen molar-refractivity contribution in [3.05, 3.63) is 28.6 Å². The van der Waals surface area contributed by atoms with Crippen LogP contribution in [-0.2, 0) is 13.0 Å². The third-order valence-electron chi connectivity index (χ3n) is 2.41. The molecule has 1 nitrogen and oxygen atoms in total. The van der Waals surface area contributed by atoms with Crippen molar-refractivity contribution in [2.75, 3.05) is 0 Å². The predicted octanol–water partition coefficient (Wildman–Crippen LogP) is 3.24. The van der Waals surface area contributed by atoms with E-state index in [2.05, 4.69) is 25.6 Å². The lowest BCUT2D eigenvalue weighted by atomic mass is 10.0. The first-order valence-corrected chi connectivity index (χ1v) is 5.92. The molecule has 0 aliphatic rings. The van der Waals surface area contributed by atoms with E-state index < -0.39 is 0 Å². The highest BCUT2D eigenvalue weighted by Crippen LogP contribution is 2.34. The first-order valence-electron chi connectivity index (χ1n) is 4.59. The average molecular weight is 224 g/mol. The van der Waals surface area contributed by atoms with Crippen LogP contribution in [0.2, 0.25) is 0 Å². The molecule has 74 valence electrons. The number of thiophene rings is 1. The van der Waals surface area contributed by atoms with Gasteiger partial charge in [-0.3, -0.25) is 0 Å². The first kappa shape index (κ1) is 10.0. The summed E-state index contributed by atoms with van der Waals surface area (Å²) in [7, 11) is 0. The number of thiol groups is 1. The Balaban J connectivity index is 2.82. The fraction of sp³-hybridized carbons (Fsp3) is 0.273. The molecule has 0 aliphatic heterocycles. The molecule has 0 unspecified atom stereocenters. The summed E-state index contributed by atoms with van der Waals surface area (Å²) in [4.78, 5) is 1.00. The SMILES string of the molecule is CCc1ccc(S)c2scc(CO)c12. The van der Waals surface area contributed by atoms with Gasteiger partial charge in [0.05, 0.1) is 6.61 Å². The van der Waals surface area contributed by atoms with Gasteiger partial charge < -0.3 is 5.11 Å². The maximum Gasteiger partial charge on any atom is 0.0696 e. The van der Waals surface area contributed by atoms with E-state index in [1.165, 1.54) is 15.6 Å². The van der Waals surface area contributed by atoms with Crippen LogP contribution in [0.15, 0.2) is 22.4 Å². The molecule has 0 amide bonds. The van der Waals surface area contributed by atoms with Crippen LogP contribution in [0.4, 0.5) is 0 Å². The van der Waals surface area contributed by atoms with E-state index in [9.17, 15) is 5.11 Å². The van der Waals surface area contributed by atoms with Crippen LogP contribution < -0.4 is 0 Å². The van der Waals surface area contributed by atoms with E-state index in [-0.39, 0.29) is 6.61 Å². The number of aryl methyl sites for hydroxylation is 1. The zero-order chi connectivity index (χ0) is 10.1. The second kappa shape index (κ2) is 3.93. The standard InChI is InChI=1S/C11H12OS2/c1-2-7-3-4-9(13)11-10(7)8(5-12)6-14-11/h3-4,6,12-13H,2,5H2,1H3. The summed E-state index contributed by atoms with van der Waals surface area (Å²) in [6.45, 7) is 2.25. The van der Waals surface area contributed by atoms with Gasteiger partial charge in [0.15, 0.2) is 0 Å². The molecular formula is C11H12OS2. The third kappa shape index (κ3) is 1.45. The Morgan fingerprint density at radius 2 is 2.14 bits per heavy atom. The van der Waals surface area contributed by atoms with Crippen molar-refractivity contribution in [1.29, 1.82) is 0 Å². The van der Waals surface area contributed by atoms with E-state index >= 15 is 0 Å². The van der Waals surface area contributed by atoms with Gasteiger partial charge in [-0.05, 0) is 29.0 Å². The molecule has 1 aromatic carbocycles. The number of hydrogen-bond acceptors (Lipinski definition) is 3. The molecule has 2 aromatic rings. The second-order valence-corrected chi connectivity index (χ2v) is 4.58. The summed E-state index contributed by atoms with van der Waals surface area (Å²) < 4.78 is 1.19. The van der Waals surface area contributed by atoms with Crippen molar-refractivity contribution in [2.24, 2.45) is 0 Å². The van der Waals surface area contributed by atoms with Gasteiger partial charge in [-0.25, -0.2) is 0 Å². The maximum absolute atomic E-state index is 9.22. The highest BCUT2D eigenvalue weighted by molar-refractivity contribution is 7.80. The van der Waals surface area contributed by atoms with Crippen molar-refractivity contribution in [3.63, 3.8) is 0 Å². The van der Waals surface area contributed by atoms with Gasteiger partial charge in [-0.2, -0.15) is 0 Å². The minimum absolute atomic E-state index is 0.115. The number of hydrogen-bond donors (Lipinski definition) is 2. The van der Waals surface area contributed by atoms with Crippen molar-refractivity contribution < 1.29 is 5.11 Å². The zero-order valence-electron chi connectivity index (χ0n) is 7.95. The van der Waals surface area contributed by atoms with Crippen LogP contribution in [0.3, 0.4) is 0 Å². The Morgan fingerprint density at radius 1 is 1.36 bits per heavy atom. The van der Waals surface area contributed by atoms with Crippen LogP contribution in [0.5, 0.6) is 0 Å². The van der Waals surface area contributed by atoms with Gasteiger partial charge >= 0.3 is 0 Å². The van der Waals surface area contributed by atoms with Gasteiger partial charge in [-0.1, -0.05) is 13.0 Å². The molecule has 14 heavy (non-hydrogen) atoms. The summed E-state index contributed by atoms with van der Waals surface area (Å²) in [5.41, 5.74) is 2.32. The van der Waals surface area contributed by atoms with Crippen molar-refractivity contribution >= 4 is 34.1 Å². The Kier molecular flexibility index (Phi) is 2.81. The fourth-order valence-corrected chi connectivity index (χ4v) is 3.05. The molecule has 0 radical (unpaired) electrons. The number of aliphatic hydroxyl groups is 1. The highest BCUT2D eigenvalue weighted by atomic mass is 32.1. The van der Waals surface area contributed by atoms with Crippen LogP contribution in [0.25, 0.3) is 10.1 Å². The Bertz CT molecular complexity index is 460. The monoisotopic (exact) mass is 224 g/mol. The smallest absolute Gasteiger partial charge is 0.0696 e. The van der Waals surface area contributed by atoms with Crippen molar-refractivity contribution in [2.45, 2.75) is 24.8 Å². The molecule has 0 spiro atoms. The first-order chi connectivity index (χ1) is 6.77. The highest BCUT2D eigenvalue weighted by Gasteiger charge is 2.09. The van der Waals surface area contributed by atoms with Crippen molar-refractivity contribution in [1.82, 2.24) is 0 Å². The normalized spacial score (nSPS) is 11.1. The van der Waals surface area contributed by atoms with Crippen molar-refractivity contribution in [3.8, 4) is 0 Å². The molecule has 0 aliphatic carbocycles.